The highest BCUT2D eigenvalue weighted by atomic mass is 19.1. The van der Waals surface area contributed by atoms with Crippen molar-refractivity contribution in [1.29, 1.82) is 0 Å². The van der Waals surface area contributed by atoms with Crippen LogP contribution >= 0.6 is 0 Å². The standard InChI is InChI=1S/C42H42FN5O5/c1-28-16-21-47(22-17-28)20-8-24-52-39-27-34-31(26-38(39)51-2)36(15-19-44-34)53-37-14-13-30(25-32(37)43)45-41(49)40-42(50)48(23-18-29-9-4-3-5-10-29)35-12-7-6-11-33(35)46-40/h3-7,9-15,19,25-28H,8,16-18,20-24H2,1-2H3,(H,45,49). The first kappa shape index (κ1) is 35.6. The topological polar surface area (TPSA) is 108 Å². The molecular weight excluding hydrogens is 673 g/mol. The number of nitrogens with zero attached hydrogens (tertiary/aromatic N) is 4. The summed E-state index contributed by atoms with van der Waals surface area (Å²) < 4.78 is 34.9. The van der Waals surface area contributed by atoms with Crippen LogP contribution in [0.1, 0.15) is 42.2 Å². The number of piperidine rings is 1. The third-order valence-corrected chi connectivity index (χ3v) is 9.68. The second-order valence-electron chi connectivity index (χ2n) is 13.4. The largest absolute Gasteiger partial charge is 0.493 e. The molecule has 0 radical (unpaired) electrons. The van der Waals surface area contributed by atoms with Crippen LogP contribution in [0.25, 0.3) is 21.9 Å². The third kappa shape index (κ3) is 8.31. The van der Waals surface area contributed by atoms with Gasteiger partial charge in [-0.2, -0.15) is 0 Å². The molecule has 272 valence electrons. The Labute approximate surface area is 307 Å². The Morgan fingerprint density at radius 1 is 0.887 bits per heavy atom. The molecule has 1 saturated heterocycles. The SMILES string of the molecule is COc1cc2c(Oc3ccc(NC(=O)c4nc5ccccc5n(CCc5ccccc5)c4=O)cc3F)ccnc2cc1OCCCN1CCC(C)CC1. The summed E-state index contributed by atoms with van der Waals surface area (Å²) in [6.45, 7) is 6.46. The molecule has 6 aromatic rings. The summed E-state index contributed by atoms with van der Waals surface area (Å²) in [6.07, 6.45) is 5.55. The van der Waals surface area contributed by atoms with E-state index in [0.29, 0.717) is 58.8 Å². The Balaban J connectivity index is 1.04. The third-order valence-electron chi connectivity index (χ3n) is 9.68. The average molecular weight is 716 g/mol. The fourth-order valence-electron chi connectivity index (χ4n) is 6.66. The van der Waals surface area contributed by atoms with Gasteiger partial charge >= 0.3 is 0 Å². The molecule has 0 aliphatic carbocycles. The number of ether oxygens (including phenoxy) is 3. The Morgan fingerprint density at radius 3 is 2.47 bits per heavy atom. The van der Waals surface area contributed by atoms with Crippen LogP contribution in [0.15, 0.2) is 102 Å². The van der Waals surface area contributed by atoms with Gasteiger partial charge < -0.3 is 29.0 Å². The number of likely N-dealkylation sites (tertiary alicyclic amines) is 1. The van der Waals surface area contributed by atoms with Crippen molar-refractivity contribution < 1.29 is 23.4 Å². The van der Waals surface area contributed by atoms with Crippen molar-refractivity contribution >= 4 is 33.5 Å². The molecule has 1 fully saturated rings. The van der Waals surface area contributed by atoms with Gasteiger partial charge in [0.25, 0.3) is 11.5 Å². The zero-order valence-corrected chi connectivity index (χ0v) is 29.9. The van der Waals surface area contributed by atoms with Gasteiger partial charge in [-0.15, -0.1) is 0 Å². The summed E-state index contributed by atoms with van der Waals surface area (Å²) >= 11 is 0. The van der Waals surface area contributed by atoms with Crippen LogP contribution in [0.3, 0.4) is 0 Å². The summed E-state index contributed by atoms with van der Waals surface area (Å²) in [5, 5.41) is 3.25. The number of halogens is 1. The lowest BCUT2D eigenvalue weighted by Gasteiger charge is -2.30. The minimum absolute atomic E-state index is 0.0611. The number of fused-ring (bicyclic) bond motifs is 2. The number of aromatic nitrogens is 3. The number of anilines is 1. The molecule has 1 amide bonds. The molecule has 4 aromatic carbocycles. The minimum Gasteiger partial charge on any atom is -0.493 e. The van der Waals surface area contributed by atoms with E-state index in [-0.39, 0.29) is 17.1 Å². The van der Waals surface area contributed by atoms with Crippen LogP contribution in [0.2, 0.25) is 0 Å². The van der Waals surface area contributed by atoms with E-state index in [9.17, 15) is 9.59 Å². The highest BCUT2D eigenvalue weighted by Crippen LogP contribution is 2.38. The quantitative estimate of drug-likeness (QED) is 0.120. The zero-order valence-electron chi connectivity index (χ0n) is 29.9. The van der Waals surface area contributed by atoms with Crippen LogP contribution in [-0.2, 0) is 13.0 Å². The molecule has 0 saturated carbocycles. The number of rotatable bonds is 13. The monoisotopic (exact) mass is 715 g/mol. The maximum absolute atomic E-state index is 15.5. The first-order valence-corrected chi connectivity index (χ1v) is 18.0. The Hall–Kier alpha value is -5.81. The van der Waals surface area contributed by atoms with E-state index in [2.05, 4.69) is 27.1 Å². The number of nitrogens with one attached hydrogen (secondary N) is 1. The van der Waals surface area contributed by atoms with E-state index in [1.165, 1.54) is 25.0 Å². The van der Waals surface area contributed by atoms with E-state index in [4.69, 9.17) is 14.2 Å². The second-order valence-corrected chi connectivity index (χ2v) is 13.4. The highest BCUT2D eigenvalue weighted by Gasteiger charge is 2.20. The predicted molar refractivity (Wildman–Crippen MR) is 204 cm³/mol. The van der Waals surface area contributed by atoms with Gasteiger partial charge in [-0.1, -0.05) is 49.4 Å². The van der Waals surface area contributed by atoms with Crippen molar-refractivity contribution in [3.8, 4) is 23.0 Å². The Morgan fingerprint density at radius 2 is 1.68 bits per heavy atom. The molecule has 1 N–H and O–H groups in total. The van der Waals surface area contributed by atoms with Crippen molar-refractivity contribution in [2.75, 3.05) is 38.7 Å². The van der Waals surface area contributed by atoms with E-state index >= 15 is 4.39 Å². The van der Waals surface area contributed by atoms with E-state index in [1.807, 2.05) is 36.4 Å². The number of hydrogen-bond donors (Lipinski definition) is 1. The first-order valence-electron chi connectivity index (χ1n) is 18.0. The van der Waals surface area contributed by atoms with Crippen molar-refractivity contribution in [3.05, 3.63) is 125 Å². The smallest absolute Gasteiger partial charge is 0.282 e. The molecular formula is C42H42FN5O5. The molecule has 11 heteroatoms. The molecule has 2 aromatic heterocycles. The van der Waals surface area contributed by atoms with Gasteiger partial charge in [0, 0.05) is 42.5 Å². The summed E-state index contributed by atoms with van der Waals surface area (Å²) in [5.74, 6) is 0.740. The van der Waals surface area contributed by atoms with Gasteiger partial charge in [-0.05, 0) is 86.7 Å². The van der Waals surface area contributed by atoms with E-state index in [0.717, 1.165) is 43.6 Å². The van der Waals surface area contributed by atoms with Crippen LogP contribution < -0.4 is 25.1 Å². The van der Waals surface area contributed by atoms with Crippen molar-refractivity contribution in [3.63, 3.8) is 0 Å². The van der Waals surface area contributed by atoms with Gasteiger partial charge in [-0.25, -0.2) is 9.37 Å². The number of methoxy groups -OCH3 is 1. The molecule has 3 heterocycles. The number of carbonyl (C=O) groups excluding carboxylic acids is 1. The fraction of sp³-hybridized carbons (Fsp3) is 0.286. The Kier molecular flexibility index (Phi) is 10.9. The highest BCUT2D eigenvalue weighted by molar-refractivity contribution is 6.03. The van der Waals surface area contributed by atoms with Gasteiger partial charge in [0.2, 0.25) is 0 Å². The molecule has 0 atom stereocenters. The average Bonchev–Trinajstić information content (AvgIpc) is 3.17. The molecule has 53 heavy (non-hydrogen) atoms. The first-order chi connectivity index (χ1) is 25.9. The summed E-state index contributed by atoms with van der Waals surface area (Å²) in [7, 11) is 1.57. The molecule has 1 aliphatic heterocycles. The van der Waals surface area contributed by atoms with Crippen molar-refractivity contribution in [2.24, 2.45) is 5.92 Å². The predicted octanol–water partition coefficient (Wildman–Crippen LogP) is 7.88. The number of aryl methyl sites for hydroxylation is 2. The van der Waals surface area contributed by atoms with Crippen molar-refractivity contribution in [2.45, 2.75) is 39.2 Å². The van der Waals surface area contributed by atoms with Crippen LogP contribution in [-0.4, -0.2) is 58.7 Å². The lowest BCUT2D eigenvalue weighted by Crippen LogP contribution is -2.34. The maximum Gasteiger partial charge on any atom is 0.282 e. The molecule has 10 nitrogen and oxygen atoms in total. The van der Waals surface area contributed by atoms with E-state index < -0.39 is 17.3 Å². The van der Waals surface area contributed by atoms with Crippen LogP contribution in [0.4, 0.5) is 10.1 Å². The van der Waals surface area contributed by atoms with Gasteiger partial charge in [0.05, 0.1) is 30.3 Å². The van der Waals surface area contributed by atoms with E-state index in [1.54, 1.807) is 54.3 Å². The number of hydrogen-bond acceptors (Lipinski definition) is 8. The molecule has 0 spiro atoms. The molecule has 7 rings (SSSR count). The molecule has 1 aliphatic rings. The lowest BCUT2D eigenvalue weighted by molar-refractivity contribution is 0.102. The summed E-state index contributed by atoms with van der Waals surface area (Å²) in [6, 6.07) is 26.2. The number of amides is 1. The van der Waals surface area contributed by atoms with Crippen molar-refractivity contribution in [1.82, 2.24) is 19.4 Å². The number of pyridine rings is 1. The fourth-order valence-corrected chi connectivity index (χ4v) is 6.66. The summed E-state index contributed by atoms with van der Waals surface area (Å²) in [5.41, 5.74) is 2.12. The molecule has 0 bridgehead atoms. The van der Waals surface area contributed by atoms with Crippen LogP contribution in [0, 0.1) is 11.7 Å². The lowest BCUT2D eigenvalue weighted by atomic mass is 9.99. The van der Waals surface area contributed by atoms with Gasteiger partial charge in [-0.3, -0.25) is 14.6 Å². The molecule has 0 unspecified atom stereocenters. The second kappa shape index (κ2) is 16.2. The normalized spacial score (nSPS) is 13.6. The van der Waals surface area contributed by atoms with Gasteiger partial charge in [0.1, 0.15) is 5.75 Å². The Bertz CT molecular complexity index is 2290. The maximum atomic E-state index is 15.5. The van der Waals surface area contributed by atoms with Gasteiger partial charge in [0.15, 0.2) is 28.8 Å². The van der Waals surface area contributed by atoms with Crippen LogP contribution in [0.5, 0.6) is 23.0 Å². The number of benzene rings is 4. The minimum atomic E-state index is -0.742. The zero-order chi connectivity index (χ0) is 36.7. The number of carbonyl (C=O) groups is 1. The summed E-state index contributed by atoms with van der Waals surface area (Å²) in [4.78, 5) is 38.4. The number of para-hydroxylation sites is 2.